The molecule has 0 unspecified atom stereocenters. The number of ether oxygens (including phenoxy) is 1. The third-order valence-electron chi connectivity index (χ3n) is 2.28. The molecule has 1 aromatic carbocycles. The summed E-state index contributed by atoms with van der Waals surface area (Å²) in [7, 11) is 0. The molecule has 2 N–H and O–H groups in total. The van der Waals surface area contributed by atoms with Gasteiger partial charge in [-0.3, -0.25) is 4.79 Å². The van der Waals surface area contributed by atoms with Gasteiger partial charge >= 0.3 is 0 Å². The molecular weight excluding hydrogens is 211 g/mol. The summed E-state index contributed by atoms with van der Waals surface area (Å²) in [5.41, 5.74) is 0.969. The molecule has 0 aliphatic carbocycles. The van der Waals surface area contributed by atoms with Gasteiger partial charge in [-0.05, 0) is 18.2 Å². The minimum Gasteiger partial charge on any atom is -0.377 e. The van der Waals surface area contributed by atoms with Gasteiger partial charge in [0, 0.05) is 12.6 Å². The molecule has 1 aromatic rings. The first-order chi connectivity index (χ1) is 7.65. The number of amides is 1. The van der Waals surface area contributed by atoms with Gasteiger partial charge in [-0.25, -0.2) is 4.39 Å². The molecule has 0 saturated carbocycles. The van der Waals surface area contributed by atoms with Crippen molar-refractivity contribution in [3.05, 3.63) is 24.0 Å². The van der Waals surface area contributed by atoms with Crippen LogP contribution in [0.2, 0.25) is 0 Å². The van der Waals surface area contributed by atoms with Crippen LogP contribution in [0.4, 0.5) is 15.8 Å². The van der Waals surface area contributed by atoms with Gasteiger partial charge in [-0.15, -0.1) is 0 Å². The van der Waals surface area contributed by atoms with E-state index in [9.17, 15) is 9.18 Å². The molecule has 5 heteroatoms. The molecule has 0 radical (unpaired) electrons. The number of anilines is 2. The van der Waals surface area contributed by atoms with E-state index in [2.05, 4.69) is 10.6 Å². The first-order valence-corrected chi connectivity index (χ1v) is 5.06. The topological polar surface area (TPSA) is 50.4 Å². The maximum Gasteiger partial charge on any atom is 0.221 e. The lowest BCUT2D eigenvalue weighted by atomic mass is 10.2. The van der Waals surface area contributed by atoms with E-state index in [1.165, 1.54) is 19.1 Å². The third-order valence-corrected chi connectivity index (χ3v) is 2.28. The Bertz CT molecular complexity index is 405. The quantitative estimate of drug-likeness (QED) is 0.819. The standard InChI is InChI=1S/C11H13FN2O2/c1-7(15)13-8-2-3-10(12)11(4-8)14-9-5-16-6-9/h2-4,9,14H,5-6H2,1H3,(H,13,15). The monoisotopic (exact) mass is 224 g/mol. The summed E-state index contributed by atoms with van der Waals surface area (Å²) in [6, 6.07) is 4.59. The lowest BCUT2D eigenvalue weighted by Gasteiger charge is -2.28. The van der Waals surface area contributed by atoms with Crippen molar-refractivity contribution in [3.8, 4) is 0 Å². The van der Waals surface area contributed by atoms with E-state index in [1.807, 2.05) is 0 Å². The highest BCUT2D eigenvalue weighted by molar-refractivity contribution is 5.89. The summed E-state index contributed by atoms with van der Waals surface area (Å²) >= 11 is 0. The Kier molecular flexibility index (Phi) is 3.05. The molecule has 1 fully saturated rings. The average molecular weight is 224 g/mol. The van der Waals surface area contributed by atoms with Crippen molar-refractivity contribution in [2.24, 2.45) is 0 Å². The van der Waals surface area contributed by atoms with Crippen LogP contribution in [0.3, 0.4) is 0 Å². The zero-order valence-electron chi connectivity index (χ0n) is 8.92. The predicted octanol–water partition coefficient (Wildman–Crippen LogP) is 1.59. The minimum absolute atomic E-state index is 0.155. The maximum absolute atomic E-state index is 13.4. The molecule has 16 heavy (non-hydrogen) atoms. The molecule has 1 aliphatic heterocycles. The van der Waals surface area contributed by atoms with E-state index in [1.54, 1.807) is 6.07 Å². The van der Waals surface area contributed by atoms with Crippen LogP contribution in [0.25, 0.3) is 0 Å². The van der Waals surface area contributed by atoms with Gasteiger partial charge in [0.25, 0.3) is 0 Å². The summed E-state index contributed by atoms with van der Waals surface area (Å²) in [5.74, 6) is -0.509. The van der Waals surface area contributed by atoms with Crippen LogP contribution in [0.15, 0.2) is 18.2 Å². The van der Waals surface area contributed by atoms with Crippen molar-refractivity contribution in [2.45, 2.75) is 13.0 Å². The second-order valence-corrected chi connectivity index (χ2v) is 3.75. The highest BCUT2D eigenvalue weighted by Gasteiger charge is 2.19. The molecule has 0 aromatic heterocycles. The number of carbonyl (C=O) groups excluding carboxylic acids is 1. The Morgan fingerprint density at radius 3 is 2.81 bits per heavy atom. The molecule has 1 saturated heterocycles. The largest absolute Gasteiger partial charge is 0.377 e. The average Bonchev–Trinajstić information content (AvgIpc) is 2.15. The van der Waals surface area contributed by atoms with Crippen LogP contribution >= 0.6 is 0 Å². The Morgan fingerprint density at radius 1 is 1.50 bits per heavy atom. The molecule has 0 atom stereocenters. The smallest absolute Gasteiger partial charge is 0.221 e. The van der Waals surface area contributed by atoms with Crippen LogP contribution in [-0.4, -0.2) is 25.2 Å². The van der Waals surface area contributed by atoms with Gasteiger partial charge in [0.05, 0.1) is 24.9 Å². The van der Waals surface area contributed by atoms with Gasteiger partial charge in [-0.2, -0.15) is 0 Å². The summed E-state index contributed by atoms with van der Waals surface area (Å²) in [4.78, 5) is 10.9. The second-order valence-electron chi connectivity index (χ2n) is 3.75. The van der Waals surface area contributed by atoms with Crippen LogP contribution in [0.1, 0.15) is 6.92 Å². The van der Waals surface area contributed by atoms with Crippen molar-refractivity contribution in [1.82, 2.24) is 0 Å². The van der Waals surface area contributed by atoms with Crippen LogP contribution in [0.5, 0.6) is 0 Å². The fraction of sp³-hybridized carbons (Fsp3) is 0.364. The van der Waals surface area contributed by atoms with Crippen molar-refractivity contribution in [1.29, 1.82) is 0 Å². The molecule has 0 spiro atoms. The van der Waals surface area contributed by atoms with E-state index < -0.39 is 0 Å². The van der Waals surface area contributed by atoms with Crippen LogP contribution < -0.4 is 10.6 Å². The maximum atomic E-state index is 13.4. The molecule has 86 valence electrons. The van der Waals surface area contributed by atoms with Gasteiger partial charge in [0.1, 0.15) is 5.82 Å². The van der Waals surface area contributed by atoms with Crippen molar-refractivity contribution in [3.63, 3.8) is 0 Å². The van der Waals surface area contributed by atoms with E-state index in [0.717, 1.165) is 0 Å². The molecule has 0 bridgehead atoms. The van der Waals surface area contributed by atoms with Gasteiger partial charge in [0.15, 0.2) is 0 Å². The number of halogens is 1. The lowest BCUT2D eigenvalue weighted by molar-refractivity contribution is -0.114. The minimum atomic E-state index is -0.332. The number of nitrogens with one attached hydrogen (secondary N) is 2. The SMILES string of the molecule is CC(=O)Nc1ccc(F)c(NC2COC2)c1. The second kappa shape index (κ2) is 4.49. The summed E-state index contributed by atoms with van der Waals surface area (Å²) in [5, 5.41) is 5.61. The molecule has 2 rings (SSSR count). The highest BCUT2D eigenvalue weighted by Crippen LogP contribution is 2.21. The zero-order chi connectivity index (χ0) is 11.5. The Balaban J connectivity index is 2.11. The fourth-order valence-corrected chi connectivity index (χ4v) is 1.46. The molecule has 1 amide bonds. The molecular formula is C11H13FN2O2. The lowest BCUT2D eigenvalue weighted by Crippen LogP contribution is -2.40. The fourth-order valence-electron chi connectivity index (χ4n) is 1.46. The van der Waals surface area contributed by atoms with E-state index >= 15 is 0 Å². The van der Waals surface area contributed by atoms with Crippen molar-refractivity contribution >= 4 is 17.3 Å². The predicted molar refractivity (Wildman–Crippen MR) is 58.9 cm³/mol. The van der Waals surface area contributed by atoms with E-state index in [-0.39, 0.29) is 17.8 Å². The van der Waals surface area contributed by atoms with Crippen molar-refractivity contribution in [2.75, 3.05) is 23.8 Å². The first-order valence-electron chi connectivity index (χ1n) is 5.06. The normalized spacial score (nSPS) is 15.4. The number of carbonyl (C=O) groups is 1. The van der Waals surface area contributed by atoms with Crippen molar-refractivity contribution < 1.29 is 13.9 Å². The van der Waals surface area contributed by atoms with Gasteiger partial charge in [0.2, 0.25) is 5.91 Å². The number of hydrogen-bond donors (Lipinski definition) is 2. The highest BCUT2D eigenvalue weighted by atomic mass is 19.1. The number of rotatable bonds is 3. The summed E-state index contributed by atoms with van der Waals surface area (Å²) < 4.78 is 18.4. The van der Waals surface area contributed by atoms with Crippen LogP contribution in [0, 0.1) is 5.82 Å². The summed E-state index contributed by atoms with van der Waals surface area (Å²) in [6.07, 6.45) is 0. The van der Waals surface area contributed by atoms with Gasteiger partial charge in [-0.1, -0.05) is 0 Å². The molecule has 1 heterocycles. The third kappa shape index (κ3) is 2.49. The van der Waals surface area contributed by atoms with Gasteiger partial charge < -0.3 is 15.4 Å². The number of hydrogen-bond acceptors (Lipinski definition) is 3. The number of benzene rings is 1. The molecule has 1 aliphatic rings. The van der Waals surface area contributed by atoms with E-state index in [4.69, 9.17) is 4.74 Å². The van der Waals surface area contributed by atoms with E-state index in [0.29, 0.717) is 24.6 Å². The summed E-state index contributed by atoms with van der Waals surface area (Å²) in [6.45, 7) is 2.59. The Morgan fingerprint density at radius 2 is 2.25 bits per heavy atom. The Hall–Kier alpha value is -1.62. The first kappa shape index (κ1) is 10.9. The van der Waals surface area contributed by atoms with Crippen LogP contribution in [-0.2, 0) is 9.53 Å². The Labute approximate surface area is 92.8 Å². The zero-order valence-corrected chi connectivity index (χ0v) is 8.92. The molecule has 4 nitrogen and oxygen atoms in total.